The van der Waals surface area contributed by atoms with Gasteiger partial charge in [-0.15, -0.1) is 0 Å². The Kier molecular flexibility index (Phi) is 3.93. The van der Waals surface area contributed by atoms with Crippen molar-refractivity contribution in [3.05, 3.63) is 59.6 Å². The number of anilines is 1. The van der Waals surface area contributed by atoms with Gasteiger partial charge in [-0.25, -0.2) is 4.98 Å². The van der Waals surface area contributed by atoms with E-state index in [1.165, 1.54) is 12.3 Å². The second-order valence-electron chi connectivity index (χ2n) is 4.91. The van der Waals surface area contributed by atoms with Crippen molar-refractivity contribution < 1.29 is 9.15 Å². The third-order valence-corrected chi connectivity index (χ3v) is 3.35. The smallest absolute Gasteiger partial charge is 0.153 e. The molecule has 6 heteroatoms. The zero-order chi connectivity index (χ0) is 16.2. The van der Waals surface area contributed by atoms with E-state index in [9.17, 15) is 5.26 Å². The molecule has 114 valence electrons. The summed E-state index contributed by atoms with van der Waals surface area (Å²) in [7, 11) is 0. The molecular weight excluding hydrogens is 292 g/mol. The topological polar surface area (TPSA) is 98.0 Å². The van der Waals surface area contributed by atoms with Crippen LogP contribution in [0.5, 0.6) is 5.75 Å². The molecule has 3 heterocycles. The molecule has 0 aliphatic rings. The van der Waals surface area contributed by atoms with Crippen LogP contribution >= 0.6 is 0 Å². The molecule has 0 aliphatic carbocycles. The lowest BCUT2D eigenvalue weighted by Gasteiger charge is -2.11. The van der Waals surface area contributed by atoms with Crippen LogP contribution in [0.4, 0.5) is 5.82 Å². The van der Waals surface area contributed by atoms with Crippen molar-refractivity contribution in [1.82, 2.24) is 9.97 Å². The zero-order valence-electron chi connectivity index (χ0n) is 12.5. The van der Waals surface area contributed by atoms with Gasteiger partial charge in [0.05, 0.1) is 12.0 Å². The van der Waals surface area contributed by atoms with E-state index in [2.05, 4.69) is 16.0 Å². The Morgan fingerprint density at radius 1 is 1.35 bits per heavy atom. The zero-order valence-corrected chi connectivity index (χ0v) is 12.5. The monoisotopic (exact) mass is 306 g/mol. The summed E-state index contributed by atoms with van der Waals surface area (Å²) in [6.45, 7) is 2.19. The Balaban J connectivity index is 1.96. The van der Waals surface area contributed by atoms with E-state index < -0.39 is 0 Å². The number of aryl methyl sites for hydroxylation is 1. The Morgan fingerprint density at radius 2 is 2.22 bits per heavy atom. The quantitative estimate of drug-likeness (QED) is 0.795. The number of aromatic nitrogens is 2. The maximum atomic E-state index is 9.47. The first-order chi connectivity index (χ1) is 11.2. The molecule has 23 heavy (non-hydrogen) atoms. The van der Waals surface area contributed by atoms with Crippen molar-refractivity contribution in [2.24, 2.45) is 0 Å². The van der Waals surface area contributed by atoms with Gasteiger partial charge in [-0.2, -0.15) is 5.26 Å². The van der Waals surface area contributed by atoms with E-state index in [0.717, 1.165) is 11.3 Å². The largest absolute Gasteiger partial charge is 0.486 e. The van der Waals surface area contributed by atoms with Gasteiger partial charge >= 0.3 is 0 Å². The molecule has 0 saturated heterocycles. The first-order valence-electron chi connectivity index (χ1n) is 6.97. The number of rotatable bonds is 4. The molecule has 0 unspecified atom stereocenters. The van der Waals surface area contributed by atoms with E-state index in [-0.39, 0.29) is 18.0 Å². The van der Waals surface area contributed by atoms with Crippen molar-refractivity contribution in [3.63, 3.8) is 0 Å². The number of nitrogens with two attached hydrogens (primary N) is 1. The lowest BCUT2D eigenvalue weighted by atomic mass is 10.1. The van der Waals surface area contributed by atoms with Crippen molar-refractivity contribution in [1.29, 1.82) is 5.26 Å². The number of nitrogen functional groups attached to an aromatic ring is 1. The molecule has 0 spiro atoms. The number of nitrogens with zero attached hydrogens (tertiary/aromatic N) is 3. The number of hydrogen-bond acceptors (Lipinski definition) is 6. The van der Waals surface area contributed by atoms with Gasteiger partial charge in [0, 0.05) is 12.3 Å². The molecule has 0 bridgehead atoms. The minimum Gasteiger partial charge on any atom is -0.486 e. The highest BCUT2D eigenvalue weighted by molar-refractivity contribution is 5.68. The van der Waals surface area contributed by atoms with Crippen LogP contribution in [0.25, 0.3) is 11.5 Å². The summed E-state index contributed by atoms with van der Waals surface area (Å²) in [4.78, 5) is 8.46. The first kappa shape index (κ1) is 14.6. The fourth-order valence-electron chi connectivity index (χ4n) is 2.17. The molecule has 0 radical (unpaired) electrons. The second-order valence-corrected chi connectivity index (χ2v) is 4.91. The van der Waals surface area contributed by atoms with Gasteiger partial charge < -0.3 is 14.9 Å². The maximum Gasteiger partial charge on any atom is 0.153 e. The highest BCUT2D eigenvalue weighted by Crippen LogP contribution is 2.31. The minimum absolute atomic E-state index is 0.238. The molecule has 3 rings (SSSR count). The first-order valence-corrected chi connectivity index (χ1v) is 6.97. The van der Waals surface area contributed by atoms with Gasteiger partial charge in [0.25, 0.3) is 0 Å². The van der Waals surface area contributed by atoms with Crippen molar-refractivity contribution >= 4 is 5.82 Å². The molecule has 6 nitrogen and oxygen atoms in total. The average molecular weight is 306 g/mol. The van der Waals surface area contributed by atoms with Crippen LogP contribution < -0.4 is 10.5 Å². The van der Waals surface area contributed by atoms with Gasteiger partial charge in [-0.3, -0.25) is 4.98 Å². The summed E-state index contributed by atoms with van der Waals surface area (Å²) in [5, 5.41) is 9.47. The lowest BCUT2D eigenvalue weighted by molar-refractivity contribution is 0.299. The number of pyridine rings is 2. The van der Waals surface area contributed by atoms with Crippen LogP contribution in [0.1, 0.15) is 16.8 Å². The Labute approximate surface area is 133 Å². The molecule has 0 amide bonds. The molecule has 3 aromatic rings. The summed E-state index contributed by atoms with van der Waals surface area (Å²) in [6.07, 6.45) is 3.21. The van der Waals surface area contributed by atoms with Crippen LogP contribution in [-0.4, -0.2) is 9.97 Å². The summed E-state index contributed by atoms with van der Waals surface area (Å²) in [6, 6.07) is 10.9. The van der Waals surface area contributed by atoms with Gasteiger partial charge in [0.2, 0.25) is 0 Å². The molecule has 0 atom stereocenters. The summed E-state index contributed by atoms with van der Waals surface area (Å²) >= 11 is 0. The second kappa shape index (κ2) is 6.20. The Hall–Kier alpha value is -3.33. The van der Waals surface area contributed by atoms with Crippen molar-refractivity contribution in [2.75, 3.05) is 5.73 Å². The maximum absolute atomic E-state index is 9.47. The fourth-order valence-corrected chi connectivity index (χ4v) is 2.17. The Morgan fingerprint density at radius 3 is 2.91 bits per heavy atom. The van der Waals surface area contributed by atoms with E-state index in [4.69, 9.17) is 14.9 Å². The standard InChI is InChI=1S/C17H14N4O2/c1-11-4-2-6-20-13(11)10-23-15-8-16(19)21-17(12(15)9-18)14-5-3-7-22-14/h2-8H,10H2,1H3,(H2,19,21). The predicted octanol–water partition coefficient (Wildman–Crippen LogP) is 3.08. The normalized spacial score (nSPS) is 10.3. The van der Waals surface area contributed by atoms with Gasteiger partial charge in [0.15, 0.2) is 5.76 Å². The van der Waals surface area contributed by atoms with Crippen LogP contribution in [-0.2, 0) is 6.61 Å². The summed E-state index contributed by atoms with van der Waals surface area (Å²) < 4.78 is 11.1. The third kappa shape index (κ3) is 2.99. The van der Waals surface area contributed by atoms with Crippen LogP contribution in [0, 0.1) is 18.3 Å². The van der Waals surface area contributed by atoms with E-state index in [1.54, 1.807) is 18.3 Å². The van der Waals surface area contributed by atoms with Crippen LogP contribution in [0.3, 0.4) is 0 Å². The van der Waals surface area contributed by atoms with Gasteiger partial charge in [-0.1, -0.05) is 6.07 Å². The van der Waals surface area contributed by atoms with Crippen LogP contribution in [0.2, 0.25) is 0 Å². The molecule has 0 aromatic carbocycles. The fraction of sp³-hybridized carbons (Fsp3) is 0.118. The highest BCUT2D eigenvalue weighted by atomic mass is 16.5. The molecule has 0 fully saturated rings. The molecule has 2 N–H and O–H groups in total. The molecule has 0 aliphatic heterocycles. The third-order valence-electron chi connectivity index (χ3n) is 3.35. The summed E-state index contributed by atoms with van der Waals surface area (Å²) in [5.41, 5.74) is 8.29. The highest BCUT2D eigenvalue weighted by Gasteiger charge is 2.17. The van der Waals surface area contributed by atoms with Crippen molar-refractivity contribution in [3.8, 4) is 23.3 Å². The molecule has 3 aromatic heterocycles. The van der Waals surface area contributed by atoms with E-state index in [0.29, 0.717) is 17.2 Å². The number of hydrogen-bond donors (Lipinski definition) is 1. The van der Waals surface area contributed by atoms with Crippen LogP contribution in [0.15, 0.2) is 47.2 Å². The predicted molar refractivity (Wildman–Crippen MR) is 84.4 cm³/mol. The number of nitriles is 1. The van der Waals surface area contributed by atoms with E-state index in [1.807, 2.05) is 19.1 Å². The van der Waals surface area contributed by atoms with Gasteiger partial charge in [-0.05, 0) is 30.7 Å². The van der Waals surface area contributed by atoms with Gasteiger partial charge in [0.1, 0.15) is 35.5 Å². The average Bonchev–Trinajstić information content (AvgIpc) is 3.08. The Bertz CT molecular complexity index is 867. The molecular formula is C17H14N4O2. The SMILES string of the molecule is Cc1cccnc1COc1cc(N)nc(-c2ccco2)c1C#N. The number of furan rings is 1. The molecule has 0 saturated carbocycles. The van der Waals surface area contributed by atoms with Crippen molar-refractivity contribution in [2.45, 2.75) is 13.5 Å². The summed E-state index contributed by atoms with van der Waals surface area (Å²) in [5.74, 6) is 1.08. The van der Waals surface area contributed by atoms with E-state index >= 15 is 0 Å². The lowest BCUT2D eigenvalue weighted by Crippen LogP contribution is -2.04. The minimum atomic E-state index is 0.238. The number of ether oxygens (including phenoxy) is 1.